The third-order valence-corrected chi connectivity index (χ3v) is 11.6. The molecule has 4 aromatic carbocycles. The molecule has 10 nitrogen and oxygen atoms in total. The van der Waals surface area contributed by atoms with E-state index < -0.39 is 28.3 Å². The smallest absolute Gasteiger partial charge is 0.242 e. The quantitative estimate of drug-likeness (QED) is 0.120. The van der Waals surface area contributed by atoms with E-state index in [9.17, 15) is 18.3 Å². The number of sulfonamides is 1. The largest absolute Gasteiger partial charge is 0.392 e. The van der Waals surface area contributed by atoms with Gasteiger partial charge in [-0.3, -0.25) is 4.79 Å². The Bertz CT molecular complexity index is 2020. The zero-order chi connectivity index (χ0) is 36.0. The molecular weight excluding hydrogens is 685 g/mol. The maximum Gasteiger partial charge on any atom is 0.242 e. The summed E-state index contributed by atoms with van der Waals surface area (Å²) in [5.41, 5.74) is 4.68. The summed E-state index contributed by atoms with van der Waals surface area (Å²) in [5.74, 6) is 0.115. The van der Waals surface area contributed by atoms with E-state index in [1.54, 1.807) is 48.3 Å². The lowest BCUT2D eigenvalue weighted by atomic mass is 9.91. The Morgan fingerprint density at radius 3 is 2.37 bits per heavy atom. The maximum absolute atomic E-state index is 13.8. The van der Waals surface area contributed by atoms with Gasteiger partial charge in [0.15, 0.2) is 11.4 Å². The van der Waals surface area contributed by atoms with Gasteiger partial charge in [-0.2, -0.15) is 4.72 Å². The van der Waals surface area contributed by atoms with Gasteiger partial charge in [-0.1, -0.05) is 103 Å². The number of carbonyl (C=O) groups excluding carboxylic acids is 1. The van der Waals surface area contributed by atoms with Crippen LogP contribution in [0.1, 0.15) is 47.1 Å². The van der Waals surface area contributed by atoms with Crippen LogP contribution in [0.3, 0.4) is 0 Å². The van der Waals surface area contributed by atoms with Crippen LogP contribution in [0.15, 0.2) is 126 Å². The Morgan fingerprint density at radius 2 is 1.69 bits per heavy atom. The van der Waals surface area contributed by atoms with Crippen molar-refractivity contribution in [2.24, 2.45) is 13.0 Å². The number of nitrogens with zero attached hydrogens (tertiary/aromatic N) is 2. The monoisotopic (exact) mass is 726 g/mol. The van der Waals surface area contributed by atoms with Crippen LogP contribution in [0.2, 0.25) is 0 Å². The molecule has 0 saturated carbocycles. The van der Waals surface area contributed by atoms with Crippen molar-refractivity contribution in [2.45, 2.75) is 61.5 Å². The number of aliphatic hydroxyl groups is 1. The van der Waals surface area contributed by atoms with Gasteiger partial charge in [-0.05, 0) is 54.3 Å². The standard InChI is InChI=1S/C39H42N4O6S2/c1-26-12-18-33(19-13-26)51(46,47)42-34(22-28-8-5-4-6-9-28)37(45)41-32-11-7-10-31(23-32)38-48-35(25-50-39-40-20-21-43(39)3)27(2)36(49-38)30-16-14-29(24-44)15-17-30/h4-21,23,27,34-36,38,42,44H,22,24-25H2,1-3H3,(H,41,45). The number of aryl methyl sites for hydroxylation is 2. The molecule has 5 aromatic rings. The lowest BCUT2D eigenvalue weighted by molar-refractivity contribution is -0.268. The van der Waals surface area contributed by atoms with Crippen molar-refractivity contribution in [3.8, 4) is 0 Å². The van der Waals surface area contributed by atoms with Gasteiger partial charge in [0, 0.05) is 42.4 Å². The molecule has 0 bridgehead atoms. The number of rotatable bonds is 13. The highest BCUT2D eigenvalue weighted by atomic mass is 32.2. The summed E-state index contributed by atoms with van der Waals surface area (Å²) in [6.07, 6.45) is 2.54. The number of thioether (sulfide) groups is 1. The predicted octanol–water partition coefficient (Wildman–Crippen LogP) is 6.33. The fraction of sp³-hybridized carbons (Fsp3) is 0.282. The molecule has 2 heterocycles. The van der Waals surface area contributed by atoms with E-state index in [0.717, 1.165) is 27.4 Å². The van der Waals surface area contributed by atoms with Crippen LogP contribution in [0.25, 0.3) is 0 Å². The normalized spacial score (nSPS) is 19.8. The second-order valence-electron chi connectivity index (χ2n) is 12.7. The van der Waals surface area contributed by atoms with E-state index in [1.807, 2.05) is 85.4 Å². The highest BCUT2D eigenvalue weighted by molar-refractivity contribution is 7.99. The van der Waals surface area contributed by atoms with Gasteiger partial charge in [0.1, 0.15) is 6.04 Å². The van der Waals surface area contributed by atoms with Gasteiger partial charge < -0.3 is 24.5 Å². The highest BCUT2D eigenvalue weighted by Crippen LogP contribution is 2.43. The third-order valence-electron chi connectivity index (χ3n) is 8.93. The minimum absolute atomic E-state index is 0.0165. The topological polar surface area (TPSA) is 132 Å². The summed E-state index contributed by atoms with van der Waals surface area (Å²) in [6, 6.07) is 29.6. The van der Waals surface area contributed by atoms with Crippen molar-refractivity contribution in [1.82, 2.24) is 14.3 Å². The molecule has 0 radical (unpaired) electrons. The first-order chi connectivity index (χ1) is 24.6. The van der Waals surface area contributed by atoms with E-state index in [0.29, 0.717) is 17.0 Å². The Kier molecular flexibility index (Phi) is 11.7. The lowest BCUT2D eigenvalue weighted by Gasteiger charge is -2.41. The van der Waals surface area contributed by atoms with Crippen LogP contribution < -0.4 is 10.0 Å². The molecule has 1 aliphatic heterocycles. The van der Waals surface area contributed by atoms with Gasteiger partial charge in [0.05, 0.1) is 23.7 Å². The van der Waals surface area contributed by atoms with Crippen LogP contribution >= 0.6 is 11.8 Å². The molecule has 266 valence electrons. The average molecular weight is 727 g/mol. The predicted molar refractivity (Wildman–Crippen MR) is 197 cm³/mol. The van der Waals surface area contributed by atoms with Gasteiger partial charge in [-0.15, -0.1) is 0 Å². The van der Waals surface area contributed by atoms with Crippen molar-refractivity contribution in [2.75, 3.05) is 11.1 Å². The number of nitrogens with one attached hydrogen (secondary N) is 2. The Hall–Kier alpha value is -4.30. The van der Waals surface area contributed by atoms with Gasteiger partial charge in [0.25, 0.3) is 0 Å². The molecule has 5 unspecified atom stereocenters. The molecule has 0 aliphatic carbocycles. The van der Waals surface area contributed by atoms with Crippen molar-refractivity contribution in [3.63, 3.8) is 0 Å². The molecule has 51 heavy (non-hydrogen) atoms. The Labute approximate surface area is 303 Å². The van der Waals surface area contributed by atoms with E-state index in [2.05, 4.69) is 21.9 Å². The van der Waals surface area contributed by atoms with Crippen molar-refractivity contribution >= 4 is 33.4 Å². The summed E-state index contributed by atoms with van der Waals surface area (Å²) in [4.78, 5) is 18.4. The number of benzene rings is 4. The minimum Gasteiger partial charge on any atom is -0.392 e. The molecule has 3 N–H and O–H groups in total. The Balaban J connectivity index is 1.24. The van der Waals surface area contributed by atoms with Crippen molar-refractivity contribution in [1.29, 1.82) is 0 Å². The number of anilines is 1. The van der Waals surface area contributed by atoms with Gasteiger partial charge >= 0.3 is 0 Å². The molecule has 12 heteroatoms. The van der Waals surface area contributed by atoms with Gasteiger partial charge in [-0.25, -0.2) is 13.4 Å². The highest BCUT2D eigenvalue weighted by Gasteiger charge is 2.38. The molecule has 1 aromatic heterocycles. The molecule has 0 spiro atoms. The first kappa shape index (κ1) is 36.5. The van der Waals surface area contributed by atoms with E-state index in [4.69, 9.17) is 9.47 Å². The molecule has 6 rings (SSSR count). The van der Waals surface area contributed by atoms with Crippen LogP contribution in [-0.2, 0) is 44.4 Å². The number of imidazole rings is 1. The summed E-state index contributed by atoms with van der Waals surface area (Å²) >= 11 is 1.61. The van der Waals surface area contributed by atoms with Gasteiger partial charge in [0.2, 0.25) is 15.9 Å². The number of aliphatic hydroxyl groups excluding tert-OH is 1. The van der Waals surface area contributed by atoms with Crippen molar-refractivity contribution < 1.29 is 27.8 Å². The number of ether oxygens (including phenoxy) is 2. The summed E-state index contributed by atoms with van der Waals surface area (Å²) in [6.45, 7) is 3.93. The SMILES string of the molecule is Cc1ccc(S(=O)(=O)NC(Cc2ccccc2)C(=O)Nc2cccc(C3OC(CSc4nccn4C)C(C)C(c4ccc(CO)cc4)O3)c2)cc1. The number of hydrogen-bond acceptors (Lipinski definition) is 8. The number of amides is 1. The van der Waals surface area contributed by atoms with Crippen LogP contribution in [-0.4, -0.2) is 46.9 Å². The first-order valence-corrected chi connectivity index (χ1v) is 19.2. The minimum atomic E-state index is -4.00. The molecular formula is C39H42N4O6S2. The fourth-order valence-corrected chi connectivity index (χ4v) is 8.25. The molecule has 1 aliphatic rings. The second-order valence-corrected chi connectivity index (χ2v) is 15.4. The maximum atomic E-state index is 13.8. The fourth-order valence-electron chi connectivity index (χ4n) is 5.96. The Morgan fingerprint density at radius 1 is 0.941 bits per heavy atom. The number of carbonyl (C=O) groups is 1. The lowest BCUT2D eigenvalue weighted by Crippen LogP contribution is -2.45. The van der Waals surface area contributed by atoms with Crippen LogP contribution in [0, 0.1) is 12.8 Å². The molecule has 5 atom stereocenters. The second kappa shape index (κ2) is 16.4. The van der Waals surface area contributed by atoms with Crippen molar-refractivity contribution in [3.05, 3.63) is 143 Å². The molecule has 1 fully saturated rings. The van der Waals surface area contributed by atoms with E-state index >= 15 is 0 Å². The molecule has 1 saturated heterocycles. The van der Waals surface area contributed by atoms with Crippen LogP contribution in [0.5, 0.6) is 0 Å². The van der Waals surface area contributed by atoms with Crippen LogP contribution in [0.4, 0.5) is 5.69 Å². The van der Waals surface area contributed by atoms with E-state index in [1.165, 1.54) is 12.1 Å². The summed E-state index contributed by atoms with van der Waals surface area (Å²) < 4.78 is 44.6. The average Bonchev–Trinajstić information content (AvgIpc) is 3.55. The third kappa shape index (κ3) is 9.14. The number of hydrogen-bond donors (Lipinski definition) is 3. The molecule has 1 amide bonds. The first-order valence-electron chi connectivity index (χ1n) is 16.7. The summed E-state index contributed by atoms with van der Waals surface area (Å²) in [7, 11) is -2.05. The zero-order valence-electron chi connectivity index (χ0n) is 28.7. The zero-order valence-corrected chi connectivity index (χ0v) is 30.3. The summed E-state index contributed by atoms with van der Waals surface area (Å²) in [5, 5.41) is 13.4. The number of aromatic nitrogens is 2. The van der Waals surface area contributed by atoms with E-state index in [-0.39, 0.29) is 36.0 Å².